The van der Waals surface area contributed by atoms with Gasteiger partial charge in [0.2, 0.25) is 0 Å². The van der Waals surface area contributed by atoms with Crippen LogP contribution in [0.2, 0.25) is 0 Å². The molecule has 21 heavy (non-hydrogen) atoms. The predicted octanol–water partition coefficient (Wildman–Crippen LogP) is 3.88. The van der Waals surface area contributed by atoms with Gasteiger partial charge in [0.05, 0.1) is 16.8 Å². The van der Waals surface area contributed by atoms with E-state index in [0.29, 0.717) is 10.9 Å². The molecule has 0 saturated carbocycles. The van der Waals surface area contributed by atoms with Gasteiger partial charge in [0, 0.05) is 17.6 Å². The summed E-state index contributed by atoms with van der Waals surface area (Å²) >= 11 is 0. The highest BCUT2D eigenvalue weighted by molar-refractivity contribution is 5.94. The lowest BCUT2D eigenvalue weighted by Crippen LogP contribution is -2.39. The second kappa shape index (κ2) is 5.60. The first-order chi connectivity index (χ1) is 9.83. The van der Waals surface area contributed by atoms with Gasteiger partial charge in [0.25, 0.3) is 0 Å². The number of hydrogen-bond acceptors (Lipinski definition) is 3. The summed E-state index contributed by atoms with van der Waals surface area (Å²) in [4.78, 5) is 5.32. The van der Waals surface area contributed by atoms with Crippen molar-refractivity contribution >= 4 is 16.6 Å². The van der Waals surface area contributed by atoms with Gasteiger partial charge < -0.3 is 4.90 Å². The Labute approximate surface area is 120 Å². The fraction of sp³-hybridized carbons (Fsp3) is 0.333. The molecule has 0 amide bonds. The number of nitriles is 1. The van der Waals surface area contributed by atoms with Gasteiger partial charge in [0.15, 0.2) is 0 Å². The minimum atomic E-state index is -4.35. The zero-order valence-electron chi connectivity index (χ0n) is 11.6. The van der Waals surface area contributed by atoms with E-state index in [9.17, 15) is 18.4 Å². The van der Waals surface area contributed by atoms with Gasteiger partial charge in [-0.1, -0.05) is 18.2 Å². The van der Waals surface area contributed by atoms with Crippen molar-refractivity contribution in [3.8, 4) is 6.07 Å². The van der Waals surface area contributed by atoms with Crippen LogP contribution in [0.25, 0.3) is 10.9 Å². The van der Waals surface area contributed by atoms with E-state index in [-0.39, 0.29) is 11.3 Å². The molecule has 0 N–H and O–H groups in total. The van der Waals surface area contributed by atoms with E-state index in [1.165, 1.54) is 11.1 Å². The lowest BCUT2D eigenvalue weighted by Gasteiger charge is -2.31. The summed E-state index contributed by atoms with van der Waals surface area (Å²) in [5.74, 6) is 0. The van der Waals surface area contributed by atoms with Gasteiger partial charge >= 0.3 is 6.18 Å². The van der Waals surface area contributed by atoms with Crippen LogP contribution in [0.1, 0.15) is 19.4 Å². The molecule has 0 radical (unpaired) electrons. The number of nitrogens with zero attached hydrogens (tertiary/aromatic N) is 3. The first-order valence-electron chi connectivity index (χ1n) is 6.44. The number of anilines is 1. The topological polar surface area (TPSA) is 39.9 Å². The van der Waals surface area contributed by atoms with E-state index in [1.807, 2.05) is 6.07 Å². The molecule has 0 saturated heterocycles. The van der Waals surface area contributed by atoms with Gasteiger partial charge in [-0.25, -0.2) is 0 Å². The molecular formula is C15H14F3N3. The number of pyridine rings is 1. The summed E-state index contributed by atoms with van der Waals surface area (Å²) in [6, 6.07) is 8.42. The maximum Gasteiger partial charge on any atom is 0.405 e. The zero-order chi connectivity index (χ0) is 15.6. The third-order valence-corrected chi connectivity index (χ3v) is 3.13. The van der Waals surface area contributed by atoms with Gasteiger partial charge in [0.1, 0.15) is 12.6 Å². The average Bonchev–Trinajstić information content (AvgIpc) is 2.42. The van der Waals surface area contributed by atoms with Gasteiger partial charge in [-0.15, -0.1) is 0 Å². The van der Waals surface area contributed by atoms with Crippen LogP contribution >= 0.6 is 0 Å². The van der Waals surface area contributed by atoms with Crippen molar-refractivity contribution in [1.82, 2.24) is 4.98 Å². The summed E-state index contributed by atoms with van der Waals surface area (Å²) < 4.78 is 38.5. The number of para-hydroxylation sites is 1. The molecule has 0 atom stereocenters. The van der Waals surface area contributed by atoms with Crippen LogP contribution in [-0.4, -0.2) is 23.7 Å². The van der Waals surface area contributed by atoms with E-state index in [1.54, 1.807) is 38.1 Å². The molecule has 0 aliphatic heterocycles. The minimum absolute atomic E-state index is 0.145. The molecule has 110 valence electrons. The van der Waals surface area contributed by atoms with Crippen molar-refractivity contribution in [2.45, 2.75) is 26.1 Å². The van der Waals surface area contributed by atoms with Crippen molar-refractivity contribution in [3.05, 3.63) is 36.0 Å². The standard InChI is InChI=1S/C15H14F3N3/c1-10(2)21(9-15(16,17)18)14-11(7-19)8-20-13-6-4-3-5-12(13)14/h3-6,8,10H,9H2,1-2H3. The van der Waals surface area contributed by atoms with E-state index in [4.69, 9.17) is 0 Å². The molecule has 0 fully saturated rings. The van der Waals surface area contributed by atoms with Crippen molar-refractivity contribution in [1.29, 1.82) is 5.26 Å². The van der Waals surface area contributed by atoms with Crippen molar-refractivity contribution in [2.24, 2.45) is 0 Å². The Kier molecular flexibility index (Phi) is 4.03. The molecule has 6 heteroatoms. The third kappa shape index (κ3) is 3.24. The van der Waals surface area contributed by atoms with Crippen molar-refractivity contribution < 1.29 is 13.2 Å². The Balaban J connectivity index is 2.68. The van der Waals surface area contributed by atoms with Crippen LogP contribution in [0.5, 0.6) is 0 Å². The zero-order valence-corrected chi connectivity index (χ0v) is 11.6. The van der Waals surface area contributed by atoms with Crippen molar-refractivity contribution in [3.63, 3.8) is 0 Å². The number of benzene rings is 1. The Hall–Kier alpha value is -2.29. The Morgan fingerprint density at radius 1 is 1.29 bits per heavy atom. The molecule has 2 aromatic rings. The molecule has 1 heterocycles. The molecular weight excluding hydrogens is 279 g/mol. The number of halogens is 3. The van der Waals surface area contributed by atoms with E-state index in [2.05, 4.69) is 4.98 Å². The molecule has 1 aromatic heterocycles. The summed E-state index contributed by atoms with van der Waals surface area (Å²) in [5.41, 5.74) is 1.00. The number of aromatic nitrogens is 1. The molecule has 0 unspecified atom stereocenters. The summed E-state index contributed by atoms with van der Waals surface area (Å²) in [7, 11) is 0. The van der Waals surface area contributed by atoms with E-state index >= 15 is 0 Å². The monoisotopic (exact) mass is 293 g/mol. The quantitative estimate of drug-likeness (QED) is 0.862. The maximum absolute atomic E-state index is 12.8. The third-order valence-electron chi connectivity index (χ3n) is 3.13. The highest BCUT2D eigenvalue weighted by atomic mass is 19.4. The first-order valence-corrected chi connectivity index (χ1v) is 6.44. The van der Waals surface area contributed by atoms with E-state index in [0.717, 1.165) is 0 Å². The first kappa shape index (κ1) is 15.1. The van der Waals surface area contributed by atoms with Crippen LogP contribution < -0.4 is 4.90 Å². The highest BCUT2D eigenvalue weighted by Gasteiger charge is 2.33. The number of hydrogen-bond donors (Lipinski definition) is 0. The van der Waals surface area contributed by atoms with Crippen LogP contribution in [0.4, 0.5) is 18.9 Å². The smallest absolute Gasteiger partial charge is 0.358 e. The highest BCUT2D eigenvalue weighted by Crippen LogP contribution is 2.32. The van der Waals surface area contributed by atoms with Crippen LogP contribution in [0.3, 0.4) is 0 Å². The summed E-state index contributed by atoms with van der Waals surface area (Å²) in [6.07, 6.45) is -3.02. The number of rotatable bonds is 3. The van der Waals surface area contributed by atoms with Crippen LogP contribution in [0, 0.1) is 11.3 Å². The lowest BCUT2D eigenvalue weighted by molar-refractivity contribution is -0.120. The second-order valence-electron chi connectivity index (χ2n) is 4.99. The minimum Gasteiger partial charge on any atom is -0.358 e. The fourth-order valence-electron chi connectivity index (χ4n) is 2.23. The average molecular weight is 293 g/mol. The summed E-state index contributed by atoms with van der Waals surface area (Å²) in [5, 5.41) is 9.76. The predicted molar refractivity (Wildman–Crippen MR) is 75.0 cm³/mol. The fourth-order valence-corrected chi connectivity index (χ4v) is 2.23. The largest absolute Gasteiger partial charge is 0.405 e. The Morgan fingerprint density at radius 3 is 2.52 bits per heavy atom. The second-order valence-corrected chi connectivity index (χ2v) is 4.99. The lowest BCUT2D eigenvalue weighted by atomic mass is 10.1. The van der Waals surface area contributed by atoms with Crippen molar-refractivity contribution in [2.75, 3.05) is 11.4 Å². The van der Waals surface area contributed by atoms with Gasteiger partial charge in [-0.3, -0.25) is 4.98 Å². The molecule has 0 aliphatic carbocycles. The summed E-state index contributed by atoms with van der Waals surface area (Å²) in [6.45, 7) is 2.23. The Morgan fingerprint density at radius 2 is 1.95 bits per heavy atom. The van der Waals surface area contributed by atoms with Crippen LogP contribution in [-0.2, 0) is 0 Å². The Bertz CT molecular complexity index is 687. The molecule has 3 nitrogen and oxygen atoms in total. The number of fused-ring (bicyclic) bond motifs is 1. The number of alkyl halides is 3. The molecule has 1 aromatic carbocycles. The van der Waals surface area contributed by atoms with Gasteiger partial charge in [-0.2, -0.15) is 18.4 Å². The van der Waals surface area contributed by atoms with Crippen LogP contribution in [0.15, 0.2) is 30.5 Å². The SMILES string of the molecule is CC(C)N(CC(F)(F)F)c1c(C#N)cnc2ccccc12. The molecule has 0 aliphatic rings. The van der Waals surface area contributed by atoms with Gasteiger partial charge in [-0.05, 0) is 19.9 Å². The maximum atomic E-state index is 12.8. The molecule has 0 bridgehead atoms. The normalized spacial score (nSPS) is 11.7. The molecule has 2 rings (SSSR count). The van der Waals surface area contributed by atoms with E-state index < -0.39 is 18.8 Å². The molecule has 0 spiro atoms.